The first-order valence-electron chi connectivity index (χ1n) is 7.93. The molecule has 0 bridgehead atoms. The van der Waals surface area contributed by atoms with Crippen LogP contribution in [0.4, 0.5) is 4.39 Å². The summed E-state index contributed by atoms with van der Waals surface area (Å²) in [4.78, 5) is 2.55. The van der Waals surface area contributed by atoms with Crippen molar-refractivity contribution < 1.29 is 4.39 Å². The van der Waals surface area contributed by atoms with Crippen molar-refractivity contribution in [1.29, 1.82) is 0 Å². The first-order valence-corrected chi connectivity index (χ1v) is 9.08. The molecule has 0 spiro atoms. The van der Waals surface area contributed by atoms with E-state index in [1.807, 2.05) is 23.9 Å². The summed E-state index contributed by atoms with van der Waals surface area (Å²) in [6, 6.07) is 7.86. The monoisotopic (exact) mass is 310 g/mol. The molecule has 2 nitrogen and oxygen atoms in total. The molecule has 2 rings (SSSR count). The van der Waals surface area contributed by atoms with Crippen molar-refractivity contribution in [2.24, 2.45) is 5.92 Å². The van der Waals surface area contributed by atoms with Crippen LogP contribution >= 0.6 is 11.8 Å². The van der Waals surface area contributed by atoms with Crippen LogP contribution in [0.5, 0.6) is 0 Å². The van der Waals surface area contributed by atoms with Gasteiger partial charge in [-0.3, -0.25) is 4.90 Å². The lowest BCUT2D eigenvalue weighted by Crippen LogP contribution is -2.45. The standard InChI is InChI=1S/C17H27FN2S/c1-4-19-17(15-7-5-6-8-16(15)18)13(2)11-20-9-10-21-12-14(20)3/h5-8,13-14,17,19H,4,9-12H2,1-3H3. The predicted molar refractivity (Wildman–Crippen MR) is 90.3 cm³/mol. The van der Waals surface area contributed by atoms with Gasteiger partial charge in [0.05, 0.1) is 0 Å². The molecule has 21 heavy (non-hydrogen) atoms. The van der Waals surface area contributed by atoms with Gasteiger partial charge in [-0.05, 0) is 25.5 Å². The molecule has 118 valence electrons. The second kappa shape index (κ2) is 8.16. The van der Waals surface area contributed by atoms with Crippen LogP contribution in [-0.2, 0) is 0 Å². The molecule has 1 N–H and O–H groups in total. The van der Waals surface area contributed by atoms with Crippen molar-refractivity contribution in [1.82, 2.24) is 10.2 Å². The van der Waals surface area contributed by atoms with E-state index < -0.39 is 0 Å². The zero-order chi connectivity index (χ0) is 15.2. The quantitative estimate of drug-likeness (QED) is 0.865. The van der Waals surface area contributed by atoms with Gasteiger partial charge in [-0.2, -0.15) is 11.8 Å². The van der Waals surface area contributed by atoms with Crippen molar-refractivity contribution >= 4 is 11.8 Å². The van der Waals surface area contributed by atoms with E-state index in [0.29, 0.717) is 12.0 Å². The molecule has 1 aliphatic rings. The summed E-state index contributed by atoms with van der Waals surface area (Å²) in [7, 11) is 0. The molecule has 1 saturated heterocycles. The Kier molecular flexibility index (Phi) is 6.52. The molecule has 0 aliphatic carbocycles. The van der Waals surface area contributed by atoms with Gasteiger partial charge in [0.2, 0.25) is 0 Å². The van der Waals surface area contributed by atoms with Gasteiger partial charge < -0.3 is 5.32 Å². The van der Waals surface area contributed by atoms with Gasteiger partial charge in [0.1, 0.15) is 5.82 Å². The molecule has 1 fully saturated rings. The zero-order valence-corrected chi connectivity index (χ0v) is 14.1. The number of rotatable bonds is 6. The molecule has 1 aromatic rings. The van der Waals surface area contributed by atoms with Crippen molar-refractivity contribution in [3.05, 3.63) is 35.6 Å². The van der Waals surface area contributed by atoms with Crippen LogP contribution < -0.4 is 5.32 Å². The Morgan fingerprint density at radius 3 is 2.86 bits per heavy atom. The van der Waals surface area contributed by atoms with Gasteiger partial charge >= 0.3 is 0 Å². The maximum atomic E-state index is 14.1. The number of thioether (sulfide) groups is 1. The average molecular weight is 310 g/mol. The highest BCUT2D eigenvalue weighted by Gasteiger charge is 2.26. The van der Waals surface area contributed by atoms with E-state index >= 15 is 0 Å². The van der Waals surface area contributed by atoms with Crippen molar-refractivity contribution in [2.45, 2.75) is 32.9 Å². The van der Waals surface area contributed by atoms with E-state index in [-0.39, 0.29) is 11.9 Å². The summed E-state index contributed by atoms with van der Waals surface area (Å²) < 4.78 is 14.1. The lowest BCUT2D eigenvalue weighted by molar-refractivity contribution is 0.180. The van der Waals surface area contributed by atoms with Crippen LogP contribution in [0.15, 0.2) is 24.3 Å². The molecule has 4 heteroatoms. The molecular formula is C17H27FN2S. The van der Waals surface area contributed by atoms with Crippen LogP contribution in [0, 0.1) is 11.7 Å². The Morgan fingerprint density at radius 1 is 1.43 bits per heavy atom. The molecule has 3 unspecified atom stereocenters. The lowest BCUT2D eigenvalue weighted by atomic mass is 9.93. The summed E-state index contributed by atoms with van der Waals surface area (Å²) in [5.41, 5.74) is 0.797. The fourth-order valence-electron chi connectivity index (χ4n) is 3.07. The molecule has 0 aromatic heterocycles. The molecule has 1 heterocycles. The van der Waals surface area contributed by atoms with E-state index in [0.717, 1.165) is 25.2 Å². The van der Waals surface area contributed by atoms with Crippen molar-refractivity contribution in [2.75, 3.05) is 31.1 Å². The van der Waals surface area contributed by atoms with Gasteiger partial charge in [0.15, 0.2) is 0 Å². The third kappa shape index (κ3) is 4.44. The first-order chi connectivity index (χ1) is 10.1. The SMILES string of the molecule is CCNC(c1ccccc1F)C(C)CN1CCSCC1C. The highest BCUT2D eigenvalue weighted by Crippen LogP contribution is 2.27. The van der Waals surface area contributed by atoms with E-state index in [9.17, 15) is 4.39 Å². The Morgan fingerprint density at radius 2 is 2.19 bits per heavy atom. The van der Waals surface area contributed by atoms with E-state index in [1.165, 1.54) is 11.5 Å². The van der Waals surface area contributed by atoms with Gasteiger partial charge in [0, 0.05) is 42.2 Å². The van der Waals surface area contributed by atoms with Gasteiger partial charge in [-0.25, -0.2) is 4.39 Å². The van der Waals surface area contributed by atoms with E-state index in [1.54, 1.807) is 12.1 Å². The van der Waals surface area contributed by atoms with E-state index in [2.05, 4.69) is 31.0 Å². The van der Waals surface area contributed by atoms with Crippen LogP contribution in [-0.4, -0.2) is 42.1 Å². The number of hydrogen-bond donors (Lipinski definition) is 1. The molecule has 0 amide bonds. The second-order valence-corrected chi connectivity index (χ2v) is 7.10. The average Bonchev–Trinajstić information content (AvgIpc) is 2.48. The number of hydrogen-bond acceptors (Lipinski definition) is 3. The topological polar surface area (TPSA) is 15.3 Å². The molecule has 1 aromatic carbocycles. The largest absolute Gasteiger partial charge is 0.310 e. The van der Waals surface area contributed by atoms with Crippen molar-refractivity contribution in [3.63, 3.8) is 0 Å². The maximum absolute atomic E-state index is 14.1. The Labute approximate surface area is 132 Å². The number of nitrogens with zero attached hydrogens (tertiary/aromatic N) is 1. The second-order valence-electron chi connectivity index (χ2n) is 5.95. The molecule has 0 radical (unpaired) electrons. The fraction of sp³-hybridized carbons (Fsp3) is 0.647. The summed E-state index contributed by atoms with van der Waals surface area (Å²) in [6.45, 7) is 9.63. The van der Waals surface area contributed by atoms with Crippen LogP contribution in [0.25, 0.3) is 0 Å². The lowest BCUT2D eigenvalue weighted by Gasteiger charge is -2.37. The molecule has 0 saturated carbocycles. The first kappa shape index (κ1) is 16.8. The fourth-order valence-corrected chi connectivity index (χ4v) is 4.16. The number of nitrogens with one attached hydrogen (secondary N) is 1. The van der Waals surface area contributed by atoms with Crippen molar-refractivity contribution in [3.8, 4) is 0 Å². The Hall–Kier alpha value is -0.580. The Balaban J connectivity index is 2.08. The third-order valence-electron chi connectivity index (χ3n) is 4.26. The third-order valence-corrected chi connectivity index (χ3v) is 5.45. The van der Waals surface area contributed by atoms with E-state index in [4.69, 9.17) is 0 Å². The maximum Gasteiger partial charge on any atom is 0.127 e. The minimum absolute atomic E-state index is 0.0815. The molecule has 3 atom stereocenters. The molecular weight excluding hydrogens is 283 g/mol. The summed E-state index contributed by atoms with van der Waals surface area (Å²) in [5.74, 6) is 2.70. The zero-order valence-electron chi connectivity index (χ0n) is 13.3. The highest BCUT2D eigenvalue weighted by atomic mass is 32.2. The van der Waals surface area contributed by atoms with Gasteiger partial charge in [-0.15, -0.1) is 0 Å². The van der Waals surface area contributed by atoms with Gasteiger partial charge in [0.25, 0.3) is 0 Å². The predicted octanol–water partition coefficient (Wildman–Crippen LogP) is 3.55. The normalized spacial score (nSPS) is 23.0. The number of benzene rings is 1. The Bertz CT molecular complexity index is 441. The summed E-state index contributed by atoms with van der Waals surface area (Å²) in [6.07, 6.45) is 0. The van der Waals surface area contributed by atoms with Crippen LogP contribution in [0.1, 0.15) is 32.4 Å². The minimum atomic E-state index is -0.0995. The minimum Gasteiger partial charge on any atom is -0.310 e. The smallest absolute Gasteiger partial charge is 0.127 e. The highest BCUT2D eigenvalue weighted by molar-refractivity contribution is 7.99. The summed E-state index contributed by atoms with van der Waals surface area (Å²) in [5, 5.41) is 3.47. The summed E-state index contributed by atoms with van der Waals surface area (Å²) >= 11 is 2.03. The molecule has 1 aliphatic heterocycles. The van der Waals surface area contributed by atoms with Gasteiger partial charge in [-0.1, -0.05) is 32.0 Å². The number of halogens is 1. The van der Waals surface area contributed by atoms with Crippen LogP contribution in [0.2, 0.25) is 0 Å². The van der Waals surface area contributed by atoms with Crippen LogP contribution in [0.3, 0.4) is 0 Å².